The van der Waals surface area contributed by atoms with Crippen LogP contribution in [0.3, 0.4) is 0 Å². The van der Waals surface area contributed by atoms with E-state index in [2.05, 4.69) is 15.5 Å². The molecule has 2 heterocycles. The summed E-state index contributed by atoms with van der Waals surface area (Å²) in [4.78, 5) is 24.1. The predicted molar refractivity (Wildman–Crippen MR) is 88.1 cm³/mol. The molecule has 2 aromatic rings. The number of nitrogens with one attached hydrogen (secondary N) is 2. The van der Waals surface area contributed by atoms with E-state index in [9.17, 15) is 14.9 Å². The van der Waals surface area contributed by atoms with Crippen molar-refractivity contribution in [2.45, 2.75) is 6.54 Å². The van der Waals surface area contributed by atoms with E-state index in [0.717, 1.165) is 43.5 Å². The Morgan fingerprint density at radius 1 is 1.21 bits per heavy atom. The van der Waals surface area contributed by atoms with Crippen LogP contribution in [0.25, 0.3) is 0 Å². The van der Waals surface area contributed by atoms with E-state index in [1.165, 1.54) is 6.07 Å². The highest BCUT2D eigenvalue weighted by Gasteiger charge is 2.17. The van der Waals surface area contributed by atoms with Crippen LogP contribution in [-0.4, -0.2) is 37.0 Å². The first-order chi connectivity index (χ1) is 11.6. The molecule has 1 saturated heterocycles. The molecule has 24 heavy (non-hydrogen) atoms. The average Bonchev–Trinajstić information content (AvgIpc) is 3.11. The van der Waals surface area contributed by atoms with Crippen molar-refractivity contribution < 1.29 is 14.1 Å². The third-order valence-corrected chi connectivity index (χ3v) is 3.87. The van der Waals surface area contributed by atoms with E-state index in [-0.39, 0.29) is 5.76 Å². The van der Waals surface area contributed by atoms with Crippen molar-refractivity contribution in [1.29, 1.82) is 0 Å². The van der Waals surface area contributed by atoms with Crippen LogP contribution < -0.4 is 15.5 Å². The third-order valence-electron chi connectivity index (χ3n) is 3.87. The van der Waals surface area contributed by atoms with Gasteiger partial charge in [-0.25, -0.2) is 0 Å². The molecule has 0 atom stereocenters. The number of furan rings is 1. The molecule has 1 fully saturated rings. The van der Waals surface area contributed by atoms with Gasteiger partial charge < -0.3 is 20.0 Å². The zero-order chi connectivity index (χ0) is 16.9. The summed E-state index contributed by atoms with van der Waals surface area (Å²) in [5.41, 5.74) is 2.11. The van der Waals surface area contributed by atoms with Gasteiger partial charge >= 0.3 is 5.88 Å². The minimum absolute atomic E-state index is 0.0702. The molecule has 8 nitrogen and oxygen atoms in total. The van der Waals surface area contributed by atoms with Crippen LogP contribution in [0.1, 0.15) is 16.1 Å². The van der Waals surface area contributed by atoms with Gasteiger partial charge in [0.25, 0.3) is 5.91 Å². The van der Waals surface area contributed by atoms with Crippen molar-refractivity contribution in [3.63, 3.8) is 0 Å². The van der Waals surface area contributed by atoms with Crippen molar-refractivity contribution in [3.05, 3.63) is 57.8 Å². The average molecular weight is 330 g/mol. The van der Waals surface area contributed by atoms with Crippen LogP contribution in [0.5, 0.6) is 0 Å². The predicted octanol–water partition coefficient (Wildman–Crippen LogP) is 1.53. The fourth-order valence-corrected chi connectivity index (χ4v) is 2.56. The minimum Gasteiger partial charge on any atom is -0.395 e. The lowest BCUT2D eigenvalue weighted by molar-refractivity contribution is -0.402. The van der Waals surface area contributed by atoms with E-state index in [4.69, 9.17) is 4.42 Å². The molecule has 0 unspecified atom stereocenters. The molecule has 1 aromatic heterocycles. The minimum atomic E-state index is -0.675. The molecule has 1 aliphatic rings. The number of piperazine rings is 1. The van der Waals surface area contributed by atoms with Gasteiger partial charge in [-0.3, -0.25) is 14.9 Å². The lowest BCUT2D eigenvalue weighted by Gasteiger charge is -2.29. The number of rotatable bonds is 5. The van der Waals surface area contributed by atoms with Crippen molar-refractivity contribution in [3.8, 4) is 0 Å². The Labute approximate surface area is 138 Å². The van der Waals surface area contributed by atoms with Gasteiger partial charge in [0.2, 0.25) is 0 Å². The fourth-order valence-electron chi connectivity index (χ4n) is 2.56. The maximum atomic E-state index is 11.9. The van der Waals surface area contributed by atoms with Gasteiger partial charge in [0.05, 0.1) is 6.07 Å². The first-order valence-corrected chi connectivity index (χ1v) is 7.70. The molecular weight excluding hydrogens is 312 g/mol. The summed E-state index contributed by atoms with van der Waals surface area (Å²) in [6.07, 6.45) is 0. The Kier molecular flexibility index (Phi) is 4.76. The van der Waals surface area contributed by atoms with Crippen molar-refractivity contribution >= 4 is 17.5 Å². The third kappa shape index (κ3) is 3.72. The van der Waals surface area contributed by atoms with Gasteiger partial charge in [0.15, 0.2) is 5.76 Å². The highest BCUT2D eigenvalue weighted by molar-refractivity contribution is 5.91. The summed E-state index contributed by atoms with van der Waals surface area (Å²) in [5, 5.41) is 16.6. The molecule has 0 saturated carbocycles. The zero-order valence-corrected chi connectivity index (χ0v) is 13.0. The molecule has 0 spiro atoms. The summed E-state index contributed by atoms with van der Waals surface area (Å²) < 4.78 is 4.87. The second-order valence-corrected chi connectivity index (χ2v) is 5.48. The molecular formula is C16H18N4O4. The number of nitro groups is 1. The normalized spacial score (nSPS) is 14.4. The topological polar surface area (TPSA) is 101 Å². The first kappa shape index (κ1) is 16.0. The van der Waals surface area contributed by atoms with E-state index in [0.29, 0.717) is 6.54 Å². The highest BCUT2D eigenvalue weighted by atomic mass is 16.6. The fraction of sp³-hybridized carbons (Fsp3) is 0.312. The summed E-state index contributed by atoms with van der Waals surface area (Å²) >= 11 is 0. The van der Waals surface area contributed by atoms with Crippen LogP contribution in [0.15, 0.2) is 40.8 Å². The second kappa shape index (κ2) is 7.14. The molecule has 1 aromatic carbocycles. The number of anilines is 1. The van der Waals surface area contributed by atoms with Crippen LogP contribution >= 0.6 is 0 Å². The standard InChI is InChI=1S/C16H18N4O4/c21-16(14-5-6-15(24-14)20(22)23)18-11-12-1-3-13(4-2-12)19-9-7-17-8-10-19/h1-6,17H,7-11H2,(H,18,21). The Morgan fingerprint density at radius 3 is 2.54 bits per heavy atom. The Balaban J connectivity index is 1.55. The monoisotopic (exact) mass is 330 g/mol. The largest absolute Gasteiger partial charge is 0.433 e. The smallest absolute Gasteiger partial charge is 0.395 e. The van der Waals surface area contributed by atoms with Gasteiger partial charge in [-0.05, 0) is 23.8 Å². The summed E-state index contributed by atoms with van der Waals surface area (Å²) in [6.45, 7) is 4.25. The Bertz CT molecular complexity index is 720. The molecule has 3 rings (SSSR count). The van der Waals surface area contributed by atoms with Gasteiger partial charge in [0, 0.05) is 38.4 Å². The van der Waals surface area contributed by atoms with E-state index in [1.54, 1.807) is 0 Å². The van der Waals surface area contributed by atoms with E-state index < -0.39 is 16.7 Å². The number of benzene rings is 1. The van der Waals surface area contributed by atoms with Crippen molar-refractivity contribution in [2.24, 2.45) is 0 Å². The number of carbonyl (C=O) groups is 1. The van der Waals surface area contributed by atoms with E-state index in [1.807, 2.05) is 24.3 Å². The molecule has 1 amide bonds. The molecule has 0 aliphatic carbocycles. The molecule has 0 radical (unpaired) electrons. The van der Waals surface area contributed by atoms with Crippen LogP contribution in [0, 0.1) is 10.1 Å². The van der Waals surface area contributed by atoms with Gasteiger partial charge in [-0.2, -0.15) is 0 Å². The quantitative estimate of drug-likeness (QED) is 0.637. The number of nitrogens with zero attached hydrogens (tertiary/aromatic N) is 2. The molecule has 126 valence electrons. The molecule has 0 bridgehead atoms. The van der Waals surface area contributed by atoms with Crippen LogP contribution in [0.2, 0.25) is 0 Å². The first-order valence-electron chi connectivity index (χ1n) is 7.70. The second-order valence-electron chi connectivity index (χ2n) is 5.48. The number of amides is 1. The van der Waals surface area contributed by atoms with Crippen LogP contribution in [0.4, 0.5) is 11.6 Å². The number of hydrogen-bond acceptors (Lipinski definition) is 6. The lowest BCUT2D eigenvalue weighted by atomic mass is 10.2. The Hall–Kier alpha value is -2.87. The maximum absolute atomic E-state index is 11.9. The Morgan fingerprint density at radius 2 is 1.92 bits per heavy atom. The summed E-state index contributed by atoms with van der Waals surface area (Å²) in [5.74, 6) is -0.992. The highest BCUT2D eigenvalue weighted by Crippen LogP contribution is 2.17. The van der Waals surface area contributed by atoms with E-state index >= 15 is 0 Å². The molecule has 8 heteroatoms. The molecule has 2 N–H and O–H groups in total. The SMILES string of the molecule is O=C(NCc1ccc(N2CCNCC2)cc1)c1ccc([N+](=O)[O-])o1. The number of hydrogen-bond donors (Lipinski definition) is 2. The van der Waals surface area contributed by atoms with Gasteiger partial charge in [-0.1, -0.05) is 12.1 Å². The maximum Gasteiger partial charge on any atom is 0.433 e. The number of carbonyl (C=O) groups excluding carboxylic acids is 1. The van der Waals surface area contributed by atoms with Crippen LogP contribution in [-0.2, 0) is 6.54 Å². The summed E-state index contributed by atoms with van der Waals surface area (Å²) in [6, 6.07) is 10.4. The molecule has 1 aliphatic heterocycles. The van der Waals surface area contributed by atoms with Gasteiger partial charge in [0.1, 0.15) is 4.92 Å². The van der Waals surface area contributed by atoms with Crippen molar-refractivity contribution in [2.75, 3.05) is 31.1 Å². The lowest BCUT2D eigenvalue weighted by Crippen LogP contribution is -2.43. The van der Waals surface area contributed by atoms with Crippen molar-refractivity contribution in [1.82, 2.24) is 10.6 Å². The van der Waals surface area contributed by atoms with Gasteiger partial charge in [-0.15, -0.1) is 0 Å². The zero-order valence-electron chi connectivity index (χ0n) is 13.0. The summed E-state index contributed by atoms with van der Waals surface area (Å²) in [7, 11) is 0.